The molecule has 2 aliphatic heterocycles. The topological polar surface area (TPSA) is 119 Å². The van der Waals surface area contributed by atoms with Gasteiger partial charge in [0, 0.05) is 12.2 Å². The van der Waals surface area contributed by atoms with Crippen molar-refractivity contribution in [2.24, 2.45) is 17.4 Å². The highest BCUT2D eigenvalue weighted by Gasteiger charge is 2.57. The Morgan fingerprint density at radius 3 is 2.65 bits per heavy atom. The zero-order valence-corrected chi connectivity index (χ0v) is 15.1. The van der Waals surface area contributed by atoms with Crippen LogP contribution in [0.3, 0.4) is 0 Å². The number of nitrogens with two attached hydrogens (primary N) is 2. The smallest absolute Gasteiger partial charge is 0.240 e. The Morgan fingerprint density at radius 1 is 1.31 bits per heavy atom. The minimum Gasteiger partial charge on any atom is -0.368 e. The Hall–Kier alpha value is -2.12. The number of para-hydroxylation sites is 1. The summed E-state index contributed by atoms with van der Waals surface area (Å²) in [5, 5.41) is 2.86. The van der Waals surface area contributed by atoms with Crippen molar-refractivity contribution < 1.29 is 14.4 Å². The molecule has 2 heterocycles. The molecule has 3 amide bonds. The summed E-state index contributed by atoms with van der Waals surface area (Å²) in [7, 11) is 0. The number of nitrogens with zero attached hydrogens (tertiary/aromatic N) is 1. The van der Waals surface area contributed by atoms with Crippen molar-refractivity contribution >= 4 is 35.8 Å². The van der Waals surface area contributed by atoms with Crippen LogP contribution in [0.1, 0.15) is 31.2 Å². The molecule has 0 unspecified atom stereocenters. The van der Waals surface area contributed by atoms with Gasteiger partial charge in [0.15, 0.2) is 0 Å². The molecule has 1 aromatic rings. The molecule has 26 heavy (non-hydrogen) atoms. The summed E-state index contributed by atoms with van der Waals surface area (Å²) >= 11 is 0. The Kier molecular flexibility index (Phi) is 4.71. The fraction of sp³-hybridized carbons (Fsp3) is 0.500. The van der Waals surface area contributed by atoms with Crippen molar-refractivity contribution in [2.45, 2.75) is 43.2 Å². The number of amides is 3. The summed E-state index contributed by atoms with van der Waals surface area (Å²) in [4.78, 5) is 39.0. The summed E-state index contributed by atoms with van der Waals surface area (Å²) in [5.41, 5.74) is 12.2. The molecular formula is C18H23ClN4O3. The minimum atomic E-state index is -0.925. The lowest BCUT2D eigenvalue weighted by Crippen LogP contribution is -2.50. The van der Waals surface area contributed by atoms with Gasteiger partial charge in [-0.1, -0.05) is 31.0 Å². The number of carbonyl (C=O) groups is 3. The number of anilines is 1. The lowest BCUT2D eigenvalue weighted by Gasteiger charge is -2.26. The van der Waals surface area contributed by atoms with Crippen LogP contribution in [0, 0.1) is 5.92 Å². The van der Waals surface area contributed by atoms with E-state index in [1.807, 2.05) is 24.3 Å². The number of fused-ring (bicyclic) bond motifs is 2. The summed E-state index contributed by atoms with van der Waals surface area (Å²) in [6.07, 6.45) is 3.02. The molecule has 1 saturated heterocycles. The summed E-state index contributed by atoms with van der Waals surface area (Å²) in [5.74, 6) is -0.574. The highest BCUT2D eigenvalue weighted by atomic mass is 35.5. The fourth-order valence-electron chi connectivity index (χ4n) is 4.15. The largest absolute Gasteiger partial charge is 0.368 e. The van der Waals surface area contributed by atoms with Crippen LogP contribution in [0.25, 0.3) is 0 Å². The maximum absolute atomic E-state index is 12.8. The fourth-order valence-corrected chi connectivity index (χ4v) is 4.15. The van der Waals surface area contributed by atoms with Crippen molar-refractivity contribution in [1.29, 1.82) is 0 Å². The molecular weight excluding hydrogens is 356 g/mol. The second-order valence-electron chi connectivity index (χ2n) is 7.46. The van der Waals surface area contributed by atoms with E-state index in [4.69, 9.17) is 11.5 Å². The standard InChI is InChI=1S/C18H22N4O3.ClH/c19-12(7-10-5-6-10)16(24)22-9-18(8-14(22)15(20)23)11-3-1-2-4-13(11)21-17(18)25;/h1-4,10,12,14H,5-9,19H2,(H2,20,23)(H,21,25);1H/t12-,14-,18-;/m0./s1. The lowest BCUT2D eigenvalue weighted by molar-refractivity contribution is -0.138. The number of halogens is 1. The van der Waals surface area contributed by atoms with Gasteiger partial charge in [0.2, 0.25) is 17.7 Å². The molecule has 0 bridgehead atoms. The first-order chi connectivity index (χ1) is 11.9. The molecule has 1 saturated carbocycles. The number of nitrogens with one attached hydrogen (secondary N) is 1. The predicted molar refractivity (Wildman–Crippen MR) is 98.6 cm³/mol. The van der Waals surface area contributed by atoms with Crippen molar-refractivity contribution in [2.75, 3.05) is 11.9 Å². The highest BCUT2D eigenvalue weighted by molar-refractivity contribution is 6.08. The van der Waals surface area contributed by atoms with Gasteiger partial charge in [-0.3, -0.25) is 14.4 Å². The van der Waals surface area contributed by atoms with Gasteiger partial charge < -0.3 is 21.7 Å². The first-order valence-electron chi connectivity index (χ1n) is 8.69. The van der Waals surface area contributed by atoms with E-state index >= 15 is 0 Å². The zero-order valence-electron chi connectivity index (χ0n) is 14.3. The second kappa shape index (κ2) is 6.55. The van der Waals surface area contributed by atoms with Gasteiger partial charge in [-0.15, -0.1) is 12.4 Å². The van der Waals surface area contributed by atoms with Gasteiger partial charge in [-0.05, 0) is 30.4 Å². The first kappa shape index (κ1) is 18.7. The third-order valence-electron chi connectivity index (χ3n) is 5.70. The number of benzene rings is 1. The van der Waals surface area contributed by atoms with E-state index in [0.29, 0.717) is 12.3 Å². The average molecular weight is 379 g/mol. The van der Waals surface area contributed by atoms with E-state index in [1.165, 1.54) is 4.90 Å². The summed E-state index contributed by atoms with van der Waals surface area (Å²) < 4.78 is 0. The van der Waals surface area contributed by atoms with E-state index in [1.54, 1.807) is 0 Å². The van der Waals surface area contributed by atoms with Gasteiger partial charge in [0.1, 0.15) is 6.04 Å². The Morgan fingerprint density at radius 2 is 2.00 bits per heavy atom. The van der Waals surface area contributed by atoms with Gasteiger partial charge in [0.25, 0.3) is 0 Å². The second-order valence-corrected chi connectivity index (χ2v) is 7.46. The Labute approximate surface area is 157 Å². The number of hydrogen-bond donors (Lipinski definition) is 3. The van der Waals surface area contributed by atoms with Crippen LogP contribution in [0.5, 0.6) is 0 Å². The van der Waals surface area contributed by atoms with Gasteiger partial charge in [-0.25, -0.2) is 0 Å². The molecule has 1 aromatic carbocycles. The molecule has 5 N–H and O–H groups in total. The van der Waals surface area contributed by atoms with Crippen molar-refractivity contribution in [1.82, 2.24) is 4.90 Å². The van der Waals surface area contributed by atoms with Crippen LogP contribution in [0.2, 0.25) is 0 Å². The number of likely N-dealkylation sites (tertiary alicyclic amines) is 1. The van der Waals surface area contributed by atoms with E-state index in [-0.39, 0.29) is 37.2 Å². The molecule has 2 fully saturated rings. The lowest BCUT2D eigenvalue weighted by atomic mass is 9.79. The van der Waals surface area contributed by atoms with Crippen LogP contribution < -0.4 is 16.8 Å². The summed E-state index contributed by atoms with van der Waals surface area (Å²) in [6, 6.07) is 5.92. The predicted octanol–water partition coefficient (Wildman–Crippen LogP) is 0.512. The van der Waals surface area contributed by atoms with Crippen LogP contribution in [-0.4, -0.2) is 41.2 Å². The molecule has 4 rings (SSSR count). The van der Waals surface area contributed by atoms with Gasteiger partial charge in [-0.2, -0.15) is 0 Å². The third-order valence-corrected chi connectivity index (χ3v) is 5.70. The molecule has 3 atom stereocenters. The molecule has 8 heteroatoms. The first-order valence-corrected chi connectivity index (χ1v) is 8.69. The number of primary amides is 1. The van der Waals surface area contributed by atoms with E-state index in [2.05, 4.69) is 5.32 Å². The summed E-state index contributed by atoms with van der Waals surface area (Å²) in [6.45, 7) is 0.140. The third kappa shape index (κ3) is 2.85. The zero-order chi connectivity index (χ0) is 17.8. The highest BCUT2D eigenvalue weighted by Crippen LogP contribution is 2.46. The number of rotatable bonds is 4. The molecule has 0 radical (unpaired) electrons. The van der Waals surface area contributed by atoms with Crippen molar-refractivity contribution in [3.05, 3.63) is 29.8 Å². The van der Waals surface area contributed by atoms with E-state index in [9.17, 15) is 14.4 Å². The molecule has 0 aromatic heterocycles. The molecule has 1 aliphatic carbocycles. The number of carbonyl (C=O) groups excluding carboxylic acids is 3. The maximum Gasteiger partial charge on any atom is 0.240 e. The molecule has 140 valence electrons. The number of hydrogen-bond acceptors (Lipinski definition) is 4. The Balaban J connectivity index is 0.00000196. The van der Waals surface area contributed by atoms with E-state index in [0.717, 1.165) is 24.1 Å². The monoisotopic (exact) mass is 378 g/mol. The average Bonchev–Trinajstić information content (AvgIpc) is 3.23. The maximum atomic E-state index is 12.8. The SMILES string of the molecule is Cl.NC(=O)[C@@H]1C[C@@]2(CN1C(=O)[C@@H](N)CC1CC1)C(=O)Nc1ccccc12. The van der Waals surface area contributed by atoms with Crippen LogP contribution in [-0.2, 0) is 19.8 Å². The molecule has 3 aliphatic rings. The quantitative estimate of drug-likeness (QED) is 0.707. The van der Waals surface area contributed by atoms with Crippen molar-refractivity contribution in [3.8, 4) is 0 Å². The Bertz CT molecular complexity index is 767. The van der Waals surface area contributed by atoms with Gasteiger partial charge >= 0.3 is 0 Å². The van der Waals surface area contributed by atoms with Crippen LogP contribution in [0.15, 0.2) is 24.3 Å². The molecule has 1 spiro atoms. The van der Waals surface area contributed by atoms with E-state index < -0.39 is 23.4 Å². The minimum absolute atomic E-state index is 0. The van der Waals surface area contributed by atoms with Crippen LogP contribution in [0.4, 0.5) is 5.69 Å². The van der Waals surface area contributed by atoms with Gasteiger partial charge in [0.05, 0.1) is 11.5 Å². The van der Waals surface area contributed by atoms with Crippen LogP contribution >= 0.6 is 12.4 Å². The normalized spacial score (nSPS) is 27.7. The van der Waals surface area contributed by atoms with Crippen molar-refractivity contribution in [3.63, 3.8) is 0 Å². The molecule has 7 nitrogen and oxygen atoms in total.